The summed E-state index contributed by atoms with van der Waals surface area (Å²) < 4.78 is 0. The number of nitrogens with one attached hydrogen (secondary N) is 1. The van der Waals surface area contributed by atoms with E-state index in [0.717, 1.165) is 17.7 Å². The Bertz CT molecular complexity index is 737. The Labute approximate surface area is 136 Å². The van der Waals surface area contributed by atoms with Crippen LogP contribution in [0.2, 0.25) is 0 Å². The van der Waals surface area contributed by atoms with Gasteiger partial charge in [-0.15, -0.1) is 0 Å². The van der Waals surface area contributed by atoms with Crippen LogP contribution in [0.1, 0.15) is 28.4 Å². The Balaban J connectivity index is 1.69. The van der Waals surface area contributed by atoms with Gasteiger partial charge in [-0.1, -0.05) is 35.9 Å². The normalized spacial score (nSPS) is 14.3. The number of fused-ring (bicyclic) bond motifs is 1. The van der Waals surface area contributed by atoms with E-state index in [1.165, 1.54) is 5.56 Å². The first-order chi connectivity index (χ1) is 11.1. The van der Waals surface area contributed by atoms with Gasteiger partial charge in [0.25, 0.3) is 5.91 Å². The molecule has 0 aromatic heterocycles. The maximum Gasteiger partial charge on any atom is 0.251 e. The van der Waals surface area contributed by atoms with Gasteiger partial charge in [0.15, 0.2) is 0 Å². The second-order valence-electron chi connectivity index (χ2n) is 5.93. The summed E-state index contributed by atoms with van der Waals surface area (Å²) in [5, 5.41) is 2.79. The zero-order chi connectivity index (χ0) is 16.4. The summed E-state index contributed by atoms with van der Waals surface area (Å²) in [6, 6.07) is 14.7. The summed E-state index contributed by atoms with van der Waals surface area (Å²) in [7, 11) is 0. The van der Waals surface area contributed by atoms with Gasteiger partial charge in [0.1, 0.15) is 6.04 Å². The van der Waals surface area contributed by atoms with Crippen LogP contribution in [-0.4, -0.2) is 24.4 Å². The average molecular weight is 308 g/mol. The smallest absolute Gasteiger partial charge is 0.251 e. The van der Waals surface area contributed by atoms with Gasteiger partial charge in [0.05, 0.1) is 0 Å². The highest BCUT2D eigenvalue weighted by atomic mass is 16.2. The van der Waals surface area contributed by atoms with E-state index in [1.54, 1.807) is 24.0 Å². The van der Waals surface area contributed by atoms with E-state index in [4.69, 9.17) is 0 Å². The molecule has 4 nitrogen and oxygen atoms in total. The van der Waals surface area contributed by atoms with Gasteiger partial charge in [-0.3, -0.25) is 9.59 Å². The fourth-order valence-electron chi connectivity index (χ4n) is 2.85. The zero-order valence-corrected chi connectivity index (χ0v) is 13.4. The Hall–Kier alpha value is -2.62. The number of aryl methyl sites for hydroxylation is 1. The van der Waals surface area contributed by atoms with Crippen molar-refractivity contribution in [3.8, 4) is 0 Å². The number of benzene rings is 2. The number of anilines is 1. The highest BCUT2D eigenvalue weighted by Gasteiger charge is 2.28. The maximum atomic E-state index is 12.6. The fraction of sp³-hybridized carbons (Fsp3) is 0.263. The minimum Gasteiger partial charge on any atom is -0.341 e. The summed E-state index contributed by atoms with van der Waals surface area (Å²) in [5.74, 6) is -0.297. The molecule has 0 saturated carbocycles. The molecule has 0 saturated heterocycles. The van der Waals surface area contributed by atoms with Crippen LogP contribution in [0.5, 0.6) is 0 Å². The molecule has 4 heteroatoms. The molecule has 0 fully saturated rings. The van der Waals surface area contributed by atoms with Gasteiger partial charge >= 0.3 is 0 Å². The minimum absolute atomic E-state index is 0.0737. The second-order valence-corrected chi connectivity index (χ2v) is 5.93. The molecule has 3 rings (SSSR count). The molecule has 0 bridgehead atoms. The molecule has 2 aromatic rings. The summed E-state index contributed by atoms with van der Waals surface area (Å²) in [5.41, 5.74) is 3.79. The summed E-state index contributed by atoms with van der Waals surface area (Å²) in [6.45, 7) is 4.37. The van der Waals surface area contributed by atoms with Gasteiger partial charge in [-0.25, -0.2) is 0 Å². The lowest BCUT2D eigenvalue weighted by molar-refractivity contribution is -0.119. The van der Waals surface area contributed by atoms with Crippen molar-refractivity contribution in [1.82, 2.24) is 5.32 Å². The lowest BCUT2D eigenvalue weighted by atomic mass is 10.1. The van der Waals surface area contributed by atoms with E-state index in [9.17, 15) is 9.59 Å². The van der Waals surface area contributed by atoms with Crippen molar-refractivity contribution >= 4 is 17.5 Å². The third-order valence-electron chi connectivity index (χ3n) is 4.18. The lowest BCUT2D eigenvalue weighted by Crippen LogP contribution is -2.46. The first kappa shape index (κ1) is 15.3. The molecule has 0 radical (unpaired) electrons. The third kappa shape index (κ3) is 3.11. The first-order valence-corrected chi connectivity index (χ1v) is 7.83. The number of rotatable bonds is 3. The maximum absolute atomic E-state index is 12.6. The molecule has 23 heavy (non-hydrogen) atoms. The Morgan fingerprint density at radius 1 is 1.09 bits per heavy atom. The second kappa shape index (κ2) is 6.24. The van der Waals surface area contributed by atoms with Crippen LogP contribution in [0.4, 0.5) is 5.69 Å². The SMILES string of the molecule is Cc1ccc(C(=O)N[C@@H](C)C(=O)N2CCc3ccccc32)cc1. The van der Waals surface area contributed by atoms with E-state index in [-0.39, 0.29) is 11.8 Å². The first-order valence-electron chi connectivity index (χ1n) is 7.83. The van der Waals surface area contributed by atoms with Crippen molar-refractivity contribution in [3.63, 3.8) is 0 Å². The molecule has 1 aliphatic rings. The Morgan fingerprint density at radius 2 is 1.78 bits per heavy atom. The number of nitrogens with zero attached hydrogens (tertiary/aromatic N) is 1. The molecule has 0 spiro atoms. The quantitative estimate of drug-likeness (QED) is 0.948. The minimum atomic E-state index is -0.560. The molecule has 1 N–H and O–H groups in total. The topological polar surface area (TPSA) is 49.4 Å². The van der Waals surface area contributed by atoms with Crippen LogP contribution in [0.15, 0.2) is 48.5 Å². The average Bonchev–Trinajstić information content (AvgIpc) is 2.98. The van der Waals surface area contributed by atoms with Crippen molar-refractivity contribution in [2.24, 2.45) is 0 Å². The van der Waals surface area contributed by atoms with Crippen molar-refractivity contribution in [1.29, 1.82) is 0 Å². The van der Waals surface area contributed by atoms with Crippen molar-refractivity contribution in [2.75, 3.05) is 11.4 Å². The number of carbonyl (C=O) groups is 2. The number of para-hydroxylation sites is 1. The van der Waals surface area contributed by atoms with Gasteiger partial charge in [-0.05, 0) is 44.0 Å². The molecule has 2 aromatic carbocycles. The van der Waals surface area contributed by atoms with Gasteiger partial charge in [0.2, 0.25) is 5.91 Å². The van der Waals surface area contributed by atoms with E-state index in [0.29, 0.717) is 12.1 Å². The molecular formula is C19H20N2O2. The van der Waals surface area contributed by atoms with E-state index >= 15 is 0 Å². The van der Waals surface area contributed by atoms with Gasteiger partial charge in [-0.2, -0.15) is 0 Å². The number of carbonyl (C=O) groups excluding carboxylic acids is 2. The molecular weight excluding hydrogens is 288 g/mol. The zero-order valence-electron chi connectivity index (χ0n) is 13.4. The molecule has 0 aliphatic carbocycles. The van der Waals surface area contributed by atoms with Crippen molar-refractivity contribution in [2.45, 2.75) is 26.3 Å². The van der Waals surface area contributed by atoms with Crippen molar-refractivity contribution in [3.05, 3.63) is 65.2 Å². The highest BCUT2D eigenvalue weighted by molar-refractivity contribution is 6.03. The largest absolute Gasteiger partial charge is 0.341 e. The van der Waals surface area contributed by atoms with Crippen LogP contribution in [0.25, 0.3) is 0 Å². The lowest BCUT2D eigenvalue weighted by Gasteiger charge is -2.22. The summed E-state index contributed by atoms with van der Waals surface area (Å²) >= 11 is 0. The molecule has 2 amide bonds. The van der Waals surface area contributed by atoms with E-state index in [1.807, 2.05) is 43.3 Å². The Morgan fingerprint density at radius 3 is 2.52 bits per heavy atom. The Kier molecular flexibility index (Phi) is 4.15. The molecule has 118 valence electrons. The molecule has 1 heterocycles. The molecule has 0 unspecified atom stereocenters. The summed E-state index contributed by atoms with van der Waals surface area (Å²) in [6.07, 6.45) is 0.862. The highest BCUT2D eigenvalue weighted by Crippen LogP contribution is 2.27. The fourth-order valence-corrected chi connectivity index (χ4v) is 2.85. The predicted octanol–water partition coefficient (Wildman–Crippen LogP) is 2.70. The third-order valence-corrected chi connectivity index (χ3v) is 4.18. The van der Waals surface area contributed by atoms with Crippen molar-refractivity contribution < 1.29 is 9.59 Å². The monoisotopic (exact) mass is 308 g/mol. The van der Waals surface area contributed by atoms with Crippen LogP contribution in [-0.2, 0) is 11.2 Å². The molecule has 1 atom stereocenters. The van der Waals surface area contributed by atoms with Crippen LogP contribution in [0, 0.1) is 6.92 Å². The van der Waals surface area contributed by atoms with Crippen LogP contribution in [0.3, 0.4) is 0 Å². The van der Waals surface area contributed by atoms with Gasteiger partial charge < -0.3 is 10.2 Å². The predicted molar refractivity (Wildman–Crippen MR) is 90.6 cm³/mol. The van der Waals surface area contributed by atoms with Gasteiger partial charge in [0, 0.05) is 17.8 Å². The van der Waals surface area contributed by atoms with E-state index in [2.05, 4.69) is 5.32 Å². The standard InChI is InChI=1S/C19H20N2O2/c1-13-7-9-16(10-8-13)18(22)20-14(2)19(23)21-12-11-15-5-3-4-6-17(15)21/h3-10,14H,11-12H2,1-2H3,(H,20,22)/t14-/m0/s1. The van der Waals surface area contributed by atoms with Crippen LogP contribution < -0.4 is 10.2 Å². The van der Waals surface area contributed by atoms with Crippen LogP contribution >= 0.6 is 0 Å². The summed E-state index contributed by atoms with van der Waals surface area (Å²) in [4.78, 5) is 26.6. The number of hydrogen-bond acceptors (Lipinski definition) is 2. The molecule has 1 aliphatic heterocycles. The number of amides is 2. The van der Waals surface area contributed by atoms with E-state index < -0.39 is 6.04 Å². The number of hydrogen-bond donors (Lipinski definition) is 1.